The molecule has 3 N–H and O–H groups in total. The minimum atomic E-state index is -0.451. The molecule has 19 heavy (non-hydrogen) atoms. The van der Waals surface area contributed by atoms with Crippen molar-refractivity contribution in [1.82, 2.24) is 20.3 Å². The number of hydrogen-bond donors (Lipinski definition) is 2. The van der Waals surface area contributed by atoms with E-state index in [2.05, 4.69) is 20.3 Å². The number of rotatable bonds is 4. The van der Waals surface area contributed by atoms with Crippen molar-refractivity contribution in [2.45, 2.75) is 19.4 Å². The second kappa shape index (κ2) is 5.41. The van der Waals surface area contributed by atoms with Crippen molar-refractivity contribution in [1.29, 1.82) is 0 Å². The van der Waals surface area contributed by atoms with Crippen molar-refractivity contribution >= 4 is 17.2 Å². The fourth-order valence-electron chi connectivity index (χ4n) is 1.33. The Bertz CT molecular complexity index is 567. The zero-order valence-corrected chi connectivity index (χ0v) is 11.6. The van der Waals surface area contributed by atoms with Crippen molar-refractivity contribution in [3.8, 4) is 10.7 Å². The lowest BCUT2D eigenvalue weighted by Crippen LogP contribution is -2.48. The molecule has 0 fully saturated rings. The average molecular weight is 277 g/mol. The van der Waals surface area contributed by atoms with Gasteiger partial charge in [-0.3, -0.25) is 14.8 Å². The monoisotopic (exact) mass is 277 g/mol. The van der Waals surface area contributed by atoms with Crippen LogP contribution in [0.25, 0.3) is 10.7 Å². The Labute approximate surface area is 115 Å². The Kier molecular flexibility index (Phi) is 3.87. The molecule has 0 saturated carbocycles. The summed E-state index contributed by atoms with van der Waals surface area (Å²) in [6, 6.07) is 0. The molecular formula is C12H15N5OS. The van der Waals surface area contributed by atoms with Crippen LogP contribution in [0, 0.1) is 0 Å². The van der Waals surface area contributed by atoms with E-state index in [-0.39, 0.29) is 5.91 Å². The Balaban J connectivity index is 2.16. The van der Waals surface area contributed by atoms with E-state index in [1.807, 2.05) is 13.8 Å². The number of nitrogens with zero attached hydrogens (tertiary/aromatic N) is 3. The molecule has 6 nitrogen and oxygen atoms in total. The van der Waals surface area contributed by atoms with Gasteiger partial charge in [0.2, 0.25) is 0 Å². The fraction of sp³-hybridized carbons (Fsp3) is 0.333. The van der Waals surface area contributed by atoms with E-state index in [0.29, 0.717) is 22.9 Å². The molecule has 2 heterocycles. The first kappa shape index (κ1) is 13.6. The van der Waals surface area contributed by atoms with Gasteiger partial charge in [-0.1, -0.05) is 0 Å². The first-order valence-corrected chi connectivity index (χ1v) is 6.64. The van der Waals surface area contributed by atoms with Gasteiger partial charge in [-0.25, -0.2) is 4.98 Å². The van der Waals surface area contributed by atoms with Crippen LogP contribution >= 0.6 is 11.3 Å². The maximum atomic E-state index is 12.0. The second-order valence-corrected chi connectivity index (χ2v) is 5.53. The summed E-state index contributed by atoms with van der Waals surface area (Å²) in [5.74, 6) is -0.234. The summed E-state index contributed by atoms with van der Waals surface area (Å²) in [5.41, 5.74) is 6.15. The van der Waals surface area contributed by atoms with Crippen LogP contribution in [0.4, 0.5) is 0 Å². The van der Waals surface area contributed by atoms with E-state index in [9.17, 15) is 4.79 Å². The van der Waals surface area contributed by atoms with Crippen LogP contribution in [0.5, 0.6) is 0 Å². The van der Waals surface area contributed by atoms with E-state index in [1.54, 1.807) is 24.0 Å². The lowest BCUT2D eigenvalue weighted by molar-refractivity contribution is 0.0911. The molecule has 2 aromatic heterocycles. The van der Waals surface area contributed by atoms with Crippen LogP contribution < -0.4 is 11.1 Å². The van der Waals surface area contributed by atoms with Crippen molar-refractivity contribution in [3.05, 3.63) is 29.7 Å². The summed E-state index contributed by atoms with van der Waals surface area (Å²) in [4.78, 5) is 24.4. The molecule has 0 saturated heterocycles. The fourth-order valence-corrected chi connectivity index (χ4v) is 2.09. The molecule has 0 atom stereocenters. The SMILES string of the molecule is CC(C)(CN)NC(=O)c1csc(-c2cnccn2)n1. The number of nitrogens with two attached hydrogens (primary N) is 1. The second-order valence-electron chi connectivity index (χ2n) is 4.67. The van der Waals surface area contributed by atoms with Gasteiger partial charge in [-0.2, -0.15) is 0 Å². The Hall–Kier alpha value is -1.86. The van der Waals surface area contributed by atoms with E-state index < -0.39 is 5.54 Å². The lowest BCUT2D eigenvalue weighted by atomic mass is 10.1. The van der Waals surface area contributed by atoms with Crippen LogP contribution in [-0.4, -0.2) is 32.9 Å². The van der Waals surface area contributed by atoms with Gasteiger partial charge < -0.3 is 11.1 Å². The number of carbonyl (C=O) groups excluding carboxylic acids is 1. The molecule has 0 radical (unpaired) electrons. The smallest absolute Gasteiger partial charge is 0.271 e. The third-order valence-electron chi connectivity index (χ3n) is 2.48. The Morgan fingerprint density at radius 2 is 2.26 bits per heavy atom. The lowest BCUT2D eigenvalue weighted by Gasteiger charge is -2.23. The number of carbonyl (C=O) groups is 1. The average Bonchev–Trinajstić information content (AvgIpc) is 2.89. The van der Waals surface area contributed by atoms with Gasteiger partial charge >= 0.3 is 0 Å². The van der Waals surface area contributed by atoms with Crippen molar-refractivity contribution < 1.29 is 4.79 Å². The van der Waals surface area contributed by atoms with Gasteiger partial charge in [0.1, 0.15) is 16.4 Å². The van der Waals surface area contributed by atoms with Gasteiger partial charge in [0, 0.05) is 29.9 Å². The summed E-state index contributed by atoms with van der Waals surface area (Å²) in [5, 5.41) is 5.20. The molecule has 0 unspecified atom stereocenters. The van der Waals surface area contributed by atoms with E-state index >= 15 is 0 Å². The predicted octanol–water partition coefficient (Wildman–Crippen LogP) is 1.07. The maximum absolute atomic E-state index is 12.0. The summed E-state index contributed by atoms with van der Waals surface area (Å²) in [7, 11) is 0. The van der Waals surface area contributed by atoms with Crippen molar-refractivity contribution in [3.63, 3.8) is 0 Å². The Morgan fingerprint density at radius 3 is 2.89 bits per heavy atom. The summed E-state index contributed by atoms with van der Waals surface area (Å²) >= 11 is 1.36. The highest BCUT2D eigenvalue weighted by Crippen LogP contribution is 2.20. The third-order valence-corrected chi connectivity index (χ3v) is 3.35. The summed E-state index contributed by atoms with van der Waals surface area (Å²) < 4.78 is 0. The summed E-state index contributed by atoms with van der Waals surface area (Å²) in [6.45, 7) is 4.08. The van der Waals surface area contributed by atoms with Crippen LogP contribution in [-0.2, 0) is 0 Å². The topological polar surface area (TPSA) is 93.8 Å². The molecule has 2 rings (SSSR count). The normalized spacial score (nSPS) is 11.3. The molecule has 7 heteroatoms. The van der Waals surface area contributed by atoms with Crippen LogP contribution in [0.3, 0.4) is 0 Å². The van der Waals surface area contributed by atoms with Crippen LogP contribution in [0.1, 0.15) is 24.3 Å². The van der Waals surface area contributed by atoms with Crippen LogP contribution in [0.15, 0.2) is 24.0 Å². The van der Waals surface area contributed by atoms with E-state index in [0.717, 1.165) is 0 Å². The molecule has 0 spiro atoms. The minimum Gasteiger partial charge on any atom is -0.345 e. The van der Waals surface area contributed by atoms with Gasteiger partial charge in [-0.15, -0.1) is 11.3 Å². The highest BCUT2D eigenvalue weighted by Gasteiger charge is 2.21. The molecule has 100 valence electrons. The first-order valence-electron chi connectivity index (χ1n) is 5.76. The molecule has 0 aliphatic rings. The first-order chi connectivity index (χ1) is 9.02. The van der Waals surface area contributed by atoms with Crippen molar-refractivity contribution in [2.24, 2.45) is 5.73 Å². The number of hydrogen-bond acceptors (Lipinski definition) is 6. The van der Waals surface area contributed by atoms with Crippen molar-refractivity contribution in [2.75, 3.05) is 6.54 Å². The van der Waals surface area contributed by atoms with Gasteiger partial charge in [0.15, 0.2) is 0 Å². The summed E-state index contributed by atoms with van der Waals surface area (Å²) in [6.07, 6.45) is 4.80. The highest BCUT2D eigenvalue weighted by molar-refractivity contribution is 7.13. The zero-order valence-electron chi connectivity index (χ0n) is 10.8. The predicted molar refractivity (Wildman–Crippen MR) is 73.7 cm³/mol. The number of thiazole rings is 1. The molecule has 0 bridgehead atoms. The molecule has 0 aliphatic carbocycles. The molecule has 0 aromatic carbocycles. The molecule has 1 amide bonds. The highest BCUT2D eigenvalue weighted by atomic mass is 32.1. The van der Waals surface area contributed by atoms with Gasteiger partial charge in [0.05, 0.1) is 6.20 Å². The maximum Gasteiger partial charge on any atom is 0.271 e. The largest absolute Gasteiger partial charge is 0.345 e. The standard InChI is InChI=1S/C12H15N5OS/c1-12(2,7-13)17-10(18)9-6-19-11(16-9)8-5-14-3-4-15-8/h3-6H,7,13H2,1-2H3,(H,17,18). The third kappa shape index (κ3) is 3.33. The molecule has 2 aromatic rings. The zero-order chi connectivity index (χ0) is 13.9. The molecular weight excluding hydrogens is 262 g/mol. The van der Waals surface area contributed by atoms with Gasteiger partial charge in [0.25, 0.3) is 5.91 Å². The Morgan fingerprint density at radius 1 is 1.47 bits per heavy atom. The van der Waals surface area contributed by atoms with Crippen LogP contribution in [0.2, 0.25) is 0 Å². The number of aromatic nitrogens is 3. The quantitative estimate of drug-likeness (QED) is 0.871. The van der Waals surface area contributed by atoms with E-state index in [4.69, 9.17) is 5.73 Å². The van der Waals surface area contributed by atoms with E-state index in [1.165, 1.54) is 11.3 Å². The number of amides is 1. The number of nitrogens with one attached hydrogen (secondary N) is 1. The minimum absolute atomic E-state index is 0.234. The molecule has 0 aliphatic heterocycles. The van der Waals surface area contributed by atoms with Gasteiger partial charge in [-0.05, 0) is 13.8 Å².